The normalized spacial score (nSPS) is 10.7. The average molecular weight is 330 g/mol. The highest BCUT2D eigenvalue weighted by Gasteiger charge is 2.25. The van der Waals surface area contributed by atoms with Crippen LogP contribution in [0.2, 0.25) is 0 Å². The van der Waals surface area contributed by atoms with Crippen molar-refractivity contribution in [2.45, 2.75) is 13.0 Å². The largest absolute Gasteiger partial charge is 0.392 e. The SMILES string of the molecule is O=[N+]([O-])c1nc(C(F)F)c(CO)cc1I. The first kappa shape index (κ1) is 12.2. The third-order valence-corrected chi connectivity index (χ3v) is 2.41. The molecule has 0 aliphatic rings. The van der Waals surface area contributed by atoms with Crippen LogP contribution in [0.3, 0.4) is 0 Å². The lowest BCUT2D eigenvalue weighted by molar-refractivity contribution is -0.390. The topological polar surface area (TPSA) is 76.3 Å². The van der Waals surface area contributed by atoms with E-state index in [0.29, 0.717) is 0 Å². The summed E-state index contributed by atoms with van der Waals surface area (Å²) in [5, 5.41) is 19.2. The molecule has 0 aliphatic carbocycles. The molecule has 0 saturated heterocycles. The molecule has 15 heavy (non-hydrogen) atoms. The van der Waals surface area contributed by atoms with E-state index in [1.54, 1.807) is 22.6 Å². The Hall–Kier alpha value is -0.900. The van der Waals surface area contributed by atoms with Gasteiger partial charge in [-0.25, -0.2) is 8.78 Å². The molecule has 0 aliphatic heterocycles. The van der Waals surface area contributed by atoms with E-state index in [1.165, 1.54) is 0 Å². The summed E-state index contributed by atoms with van der Waals surface area (Å²) in [6.07, 6.45) is -2.94. The van der Waals surface area contributed by atoms with Gasteiger partial charge in [0.2, 0.25) is 5.69 Å². The molecule has 0 unspecified atom stereocenters. The predicted molar refractivity (Wildman–Crippen MR) is 54.5 cm³/mol. The molecule has 0 amide bonds. The first-order valence-corrected chi connectivity index (χ1v) is 4.78. The summed E-state index contributed by atoms with van der Waals surface area (Å²) >= 11 is 1.60. The number of rotatable bonds is 3. The number of hydrogen-bond acceptors (Lipinski definition) is 4. The fourth-order valence-electron chi connectivity index (χ4n) is 0.974. The van der Waals surface area contributed by atoms with Gasteiger partial charge in [0.1, 0.15) is 3.57 Å². The maximum atomic E-state index is 12.4. The Bertz CT molecular complexity index is 400. The van der Waals surface area contributed by atoms with E-state index in [2.05, 4.69) is 4.98 Å². The second kappa shape index (κ2) is 4.75. The minimum atomic E-state index is -2.94. The van der Waals surface area contributed by atoms with E-state index in [-0.39, 0.29) is 9.13 Å². The van der Waals surface area contributed by atoms with Gasteiger partial charge in [-0.15, -0.1) is 0 Å². The van der Waals surface area contributed by atoms with Gasteiger partial charge in [0.05, 0.1) is 6.61 Å². The number of nitrogens with zero attached hydrogens (tertiary/aromatic N) is 2. The van der Waals surface area contributed by atoms with Crippen LogP contribution >= 0.6 is 22.6 Å². The number of aromatic nitrogens is 1. The standard InChI is InChI=1S/C7H5F2IN2O3/c8-6(9)5-3(2-13)1-4(10)7(11-5)12(14)15/h1,6,13H,2H2. The Morgan fingerprint density at radius 3 is 2.67 bits per heavy atom. The van der Waals surface area contributed by atoms with E-state index >= 15 is 0 Å². The minimum Gasteiger partial charge on any atom is -0.392 e. The van der Waals surface area contributed by atoms with Crippen LogP contribution in [0.1, 0.15) is 17.7 Å². The molecule has 82 valence electrons. The Morgan fingerprint density at radius 2 is 2.27 bits per heavy atom. The molecule has 0 fully saturated rings. The van der Waals surface area contributed by atoms with Gasteiger partial charge in [0.25, 0.3) is 0 Å². The highest BCUT2D eigenvalue weighted by Crippen LogP contribution is 2.27. The number of aliphatic hydroxyl groups is 1. The molecule has 1 heterocycles. The van der Waals surface area contributed by atoms with Crippen molar-refractivity contribution in [1.82, 2.24) is 4.98 Å². The third kappa shape index (κ3) is 2.56. The zero-order chi connectivity index (χ0) is 11.6. The fourth-order valence-corrected chi connectivity index (χ4v) is 1.67. The molecule has 1 aromatic rings. The summed E-state index contributed by atoms with van der Waals surface area (Å²) in [4.78, 5) is 12.8. The number of pyridine rings is 1. The van der Waals surface area contributed by atoms with Crippen LogP contribution in [0, 0.1) is 13.7 Å². The number of alkyl halides is 2. The van der Waals surface area contributed by atoms with Crippen LogP contribution in [0.4, 0.5) is 14.6 Å². The van der Waals surface area contributed by atoms with Crippen LogP contribution in [0.5, 0.6) is 0 Å². The number of hydrogen-bond donors (Lipinski definition) is 1. The molecule has 1 N–H and O–H groups in total. The summed E-state index contributed by atoms with van der Waals surface area (Å²) in [6, 6.07) is 1.13. The first-order valence-electron chi connectivity index (χ1n) is 3.70. The second-order valence-corrected chi connectivity index (χ2v) is 3.72. The van der Waals surface area contributed by atoms with Crippen LogP contribution in [0.15, 0.2) is 6.07 Å². The molecule has 0 radical (unpaired) electrons. The van der Waals surface area contributed by atoms with E-state index in [9.17, 15) is 18.9 Å². The van der Waals surface area contributed by atoms with Crippen molar-refractivity contribution in [2.75, 3.05) is 0 Å². The van der Waals surface area contributed by atoms with E-state index in [1.807, 2.05) is 0 Å². The monoisotopic (exact) mass is 330 g/mol. The highest BCUT2D eigenvalue weighted by molar-refractivity contribution is 14.1. The van der Waals surface area contributed by atoms with Gasteiger partial charge in [-0.2, -0.15) is 0 Å². The van der Waals surface area contributed by atoms with E-state index in [4.69, 9.17) is 5.11 Å². The molecular formula is C7H5F2IN2O3. The summed E-state index contributed by atoms with van der Waals surface area (Å²) in [5.74, 6) is -0.622. The van der Waals surface area contributed by atoms with Crippen molar-refractivity contribution in [3.8, 4) is 0 Å². The summed E-state index contributed by atoms with van der Waals surface area (Å²) < 4.78 is 24.9. The Labute approximate surface area is 96.4 Å². The molecule has 1 aromatic heterocycles. The van der Waals surface area contributed by atoms with Gasteiger partial charge < -0.3 is 15.2 Å². The van der Waals surface area contributed by atoms with Crippen LogP contribution < -0.4 is 0 Å². The lowest BCUT2D eigenvalue weighted by Gasteiger charge is -2.03. The van der Waals surface area contributed by atoms with Gasteiger partial charge in [0.15, 0.2) is 0 Å². The molecular weight excluding hydrogens is 325 g/mol. The van der Waals surface area contributed by atoms with Crippen molar-refractivity contribution in [3.05, 3.63) is 31.0 Å². The van der Waals surface area contributed by atoms with Crippen molar-refractivity contribution < 1.29 is 18.8 Å². The Kier molecular flexibility index (Phi) is 3.85. The molecule has 8 heteroatoms. The number of nitro groups is 1. The molecule has 0 saturated carbocycles. The Morgan fingerprint density at radius 1 is 1.67 bits per heavy atom. The molecule has 0 bridgehead atoms. The molecule has 0 aromatic carbocycles. The minimum absolute atomic E-state index is 0.0972. The van der Waals surface area contributed by atoms with Crippen LogP contribution in [-0.4, -0.2) is 15.0 Å². The zero-order valence-electron chi connectivity index (χ0n) is 7.15. The summed E-state index contributed by atoms with van der Waals surface area (Å²) in [5.41, 5.74) is -0.843. The maximum absolute atomic E-state index is 12.4. The van der Waals surface area contributed by atoms with Crippen LogP contribution in [-0.2, 0) is 6.61 Å². The van der Waals surface area contributed by atoms with Gasteiger partial charge in [-0.05, 0) is 38.6 Å². The van der Waals surface area contributed by atoms with Crippen molar-refractivity contribution >= 4 is 28.4 Å². The lowest BCUT2D eigenvalue weighted by Crippen LogP contribution is -2.04. The van der Waals surface area contributed by atoms with Crippen LogP contribution in [0.25, 0.3) is 0 Å². The zero-order valence-corrected chi connectivity index (χ0v) is 9.31. The molecule has 1 rings (SSSR count). The van der Waals surface area contributed by atoms with E-state index in [0.717, 1.165) is 6.07 Å². The van der Waals surface area contributed by atoms with E-state index < -0.39 is 29.5 Å². The van der Waals surface area contributed by atoms with Crippen molar-refractivity contribution in [2.24, 2.45) is 0 Å². The number of aliphatic hydroxyl groups excluding tert-OH is 1. The first-order chi connectivity index (χ1) is 6.97. The van der Waals surface area contributed by atoms with Crippen molar-refractivity contribution in [3.63, 3.8) is 0 Å². The number of halogens is 3. The fraction of sp³-hybridized carbons (Fsp3) is 0.286. The highest BCUT2D eigenvalue weighted by atomic mass is 127. The van der Waals surface area contributed by atoms with Gasteiger partial charge >= 0.3 is 12.2 Å². The molecule has 0 spiro atoms. The second-order valence-electron chi connectivity index (χ2n) is 2.55. The predicted octanol–water partition coefficient (Wildman–Crippen LogP) is 2.02. The molecule has 5 nitrogen and oxygen atoms in total. The van der Waals surface area contributed by atoms with Gasteiger partial charge in [-0.1, -0.05) is 0 Å². The molecule has 0 atom stereocenters. The quantitative estimate of drug-likeness (QED) is 0.523. The smallest absolute Gasteiger partial charge is 0.377 e. The average Bonchev–Trinajstić information content (AvgIpc) is 2.16. The summed E-state index contributed by atoms with van der Waals surface area (Å²) in [6.45, 7) is -0.624. The van der Waals surface area contributed by atoms with Crippen molar-refractivity contribution in [1.29, 1.82) is 0 Å². The Balaban J connectivity index is 3.37. The maximum Gasteiger partial charge on any atom is 0.377 e. The third-order valence-electron chi connectivity index (χ3n) is 1.62. The lowest BCUT2D eigenvalue weighted by atomic mass is 10.2. The summed E-state index contributed by atoms with van der Waals surface area (Å²) in [7, 11) is 0. The van der Waals surface area contributed by atoms with Gasteiger partial charge in [0, 0.05) is 5.56 Å². The van der Waals surface area contributed by atoms with Gasteiger partial charge in [-0.3, -0.25) is 0 Å².